The Kier molecular flexibility index (Phi) is 6.95. The summed E-state index contributed by atoms with van der Waals surface area (Å²) >= 11 is 0. The molecular weight excluding hydrogens is 319 g/mol. The van der Waals surface area contributed by atoms with E-state index in [-0.39, 0.29) is 38.7 Å². The largest absolute Gasteiger partial charge is 0.453 e. The van der Waals surface area contributed by atoms with Crippen LogP contribution in [0.4, 0.5) is 22.0 Å². The molecule has 0 aliphatic rings. The lowest BCUT2D eigenvalue weighted by Gasteiger charge is -2.33. The van der Waals surface area contributed by atoms with Gasteiger partial charge in [-0.05, 0) is 37.7 Å². The van der Waals surface area contributed by atoms with Gasteiger partial charge in [-0.3, -0.25) is 0 Å². The summed E-state index contributed by atoms with van der Waals surface area (Å²) in [7, 11) is 0. The average molecular weight is 340 g/mol. The standard InChI is InChI=1S/C16H21F5O2/c17-15(18,16(19,20)21)12-14(23,9-4-5-11-22)10-8-13-6-2-1-3-7-13/h1-3,6-7,22-23H,4-5,8-12H2. The zero-order valence-electron chi connectivity index (χ0n) is 12.6. The Labute approximate surface area is 131 Å². The maximum Gasteiger partial charge on any atom is 0.453 e. The molecule has 0 aromatic heterocycles. The van der Waals surface area contributed by atoms with Crippen LogP contribution in [0.3, 0.4) is 0 Å². The first kappa shape index (κ1) is 19.8. The Hall–Kier alpha value is -1.21. The summed E-state index contributed by atoms with van der Waals surface area (Å²) in [5.74, 6) is -4.95. The van der Waals surface area contributed by atoms with E-state index in [1.807, 2.05) is 0 Å². The number of aliphatic hydroxyl groups excluding tert-OH is 1. The SMILES string of the molecule is OCCCCC(O)(CCc1ccccc1)CC(F)(F)C(F)(F)F. The van der Waals surface area contributed by atoms with Crippen molar-refractivity contribution < 1.29 is 32.2 Å². The van der Waals surface area contributed by atoms with E-state index in [0.717, 1.165) is 5.56 Å². The Bertz CT molecular complexity index is 461. The number of halogens is 5. The molecule has 132 valence electrons. The Morgan fingerprint density at radius 3 is 2.00 bits per heavy atom. The van der Waals surface area contributed by atoms with E-state index in [4.69, 9.17) is 5.11 Å². The maximum absolute atomic E-state index is 13.3. The third-order valence-electron chi connectivity index (χ3n) is 3.74. The third-order valence-corrected chi connectivity index (χ3v) is 3.74. The topological polar surface area (TPSA) is 40.5 Å². The highest BCUT2D eigenvalue weighted by Crippen LogP contribution is 2.43. The first-order valence-corrected chi connectivity index (χ1v) is 7.41. The van der Waals surface area contributed by atoms with Crippen LogP contribution in [0.25, 0.3) is 0 Å². The van der Waals surface area contributed by atoms with Gasteiger partial charge in [-0.25, -0.2) is 0 Å². The van der Waals surface area contributed by atoms with Gasteiger partial charge in [0.1, 0.15) is 0 Å². The summed E-state index contributed by atoms with van der Waals surface area (Å²) in [6, 6.07) is 8.65. The van der Waals surface area contributed by atoms with Crippen LogP contribution in [0.2, 0.25) is 0 Å². The minimum Gasteiger partial charge on any atom is -0.396 e. The molecule has 0 fully saturated rings. The van der Waals surface area contributed by atoms with Crippen molar-refractivity contribution in [2.75, 3.05) is 6.61 Å². The van der Waals surface area contributed by atoms with Crippen molar-refractivity contribution in [2.24, 2.45) is 0 Å². The second-order valence-corrected chi connectivity index (χ2v) is 5.77. The van der Waals surface area contributed by atoms with Crippen LogP contribution in [0.1, 0.15) is 37.7 Å². The van der Waals surface area contributed by atoms with E-state index in [1.165, 1.54) is 0 Å². The minimum absolute atomic E-state index is 0.176. The molecule has 1 unspecified atom stereocenters. The molecule has 23 heavy (non-hydrogen) atoms. The van der Waals surface area contributed by atoms with Gasteiger partial charge in [0.15, 0.2) is 0 Å². The zero-order valence-corrected chi connectivity index (χ0v) is 12.6. The molecule has 1 rings (SSSR count). The Morgan fingerprint density at radius 1 is 0.870 bits per heavy atom. The van der Waals surface area contributed by atoms with Gasteiger partial charge in [0.2, 0.25) is 0 Å². The average Bonchev–Trinajstić information content (AvgIpc) is 2.45. The van der Waals surface area contributed by atoms with Gasteiger partial charge >= 0.3 is 12.1 Å². The predicted molar refractivity (Wildman–Crippen MR) is 76.3 cm³/mol. The number of aryl methyl sites for hydroxylation is 1. The van der Waals surface area contributed by atoms with E-state index in [1.54, 1.807) is 30.3 Å². The first-order chi connectivity index (χ1) is 10.6. The van der Waals surface area contributed by atoms with E-state index >= 15 is 0 Å². The number of aliphatic hydroxyl groups is 2. The third kappa shape index (κ3) is 6.43. The molecule has 0 aliphatic heterocycles. The van der Waals surface area contributed by atoms with Crippen LogP contribution in [-0.2, 0) is 6.42 Å². The van der Waals surface area contributed by atoms with Crippen LogP contribution in [0, 0.1) is 0 Å². The van der Waals surface area contributed by atoms with Gasteiger partial charge in [-0.15, -0.1) is 0 Å². The number of alkyl halides is 5. The number of benzene rings is 1. The van der Waals surface area contributed by atoms with Crippen molar-refractivity contribution >= 4 is 0 Å². The summed E-state index contributed by atoms with van der Waals surface area (Å²) in [5.41, 5.74) is -1.38. The molecule has 0 spiro atoms. The lowest BCUT2D eigenvalue weighted by molar-refractivity contribution is -0.297. The van der Waals surface area contributed by atoms with Gasteiger partial charge in [-0.2, -0.15) is 22.0 Å². The second kappa shape index (κ2) is 8.06. The second-order valence-electron chi connectivity index (χ2n) is 5.77. The fourth-order valence-corrected chi connectivity index (χ4v) is 2.40. The van der Waals surface area contributed by atoms with E-state index in [2.05, 4.69) is 0 Å². The number of hydrogen-bond acceptors (Lipinski definition) is 2. The molecule has 1 atom stereocenters. The number of rotatable bonds is 9. The summed E-state index contributed by atoms with van der Waals surface area (Å²) in [6.45, 7) is -0.204. The zero-order chi connectivity index (χ0) is 17.6. The molecule has 1 aromatic carbocycles. The minimum atomic E-state index is -5.69. The van der Waals surface area contributed by atoms with Gasteiger partial charge < -0.3 is 10.2 Å². The lowest BCUT2D eigenvalue weighted by Crippen LogP contribution is -2.45. The van der Waals surface area contributed by atoms with Crippen molar-refractivity contribution in [3.63, 3.8) is 0 Å². The molecule has 0 aliphatic carbocycles. The monoisotopic (exact) mass is 340 g/mol. The maximum atomic E-state index is 13.3. The molecular formula is C16H21F5O2. The first-order valence-electron chi connectivity index (χ1n) is 7.41. The molecule has 0 saturated heterocycles. The molecule has 7 heteroatoms. The van der Waals surface area contributed by atoms with Gasteiger partial charge in [0, 0.05) is 13.0 Å². The summed E-state index contributed by atoms with van der Waals surface area (Å²) in [6.07, 6.45) is -7.15. The summed E-state index contributed by atoms with van der Waals surface area (Å²) in [5, 5.41) is 19.1. The van der Waals surface area contributed by atoms with E-state index < -0.39 is 24.1 Å². The fraction of sp³-hybridized carbons (Fsp3) is 0.625. The smallest absolute Gasteiger partial charge is 0.396 e. The molecule has 2 N–H and O–H groups in total. The molecule has 0 heterocycles. The van der Waals surface area contributed by atoms with E-state index in [9.17, 15) is 27.1 Å². The van der Waals surface area contributed by atoms with Crippen LogP contribution in [0.15, 0.2) is 30.3 Å². The predicted octanol–water partition coefficient (Wildman–Crippen LogP) is 4.10. The van der Waals surface area contributed by atoms with Gasteiger partial charge in [0.05, 0.1) is 5.60 Å². The molecule has 0 bridgehead atoms. The molecule has 0 saturated carbocycles. The fourth-order valence-electron chi connectivity index (χ4n) is 2.40. The summed E-state index contributed by atoms with van der Waals surface area (Å²) in [4.78, 5) is 0. The van der Waals surface area contributed by atoms with Crippen molar-refractivity contribution in [3.8, 4) is 0 Å². The Morgan fingerprint density at radius 2 is 1.48 bits per heavy atom. The van der Waals surface area contributed by atoms with E-state index in [0.29, 0.717) is 0 Å². The summed E-state index contributed by atoms with van der Waals surface area (Å²) < 4.78 is 63.9. The van der Waals surface area contributed by atoms with Crippen LogP contribution in [-0.4, -0.2) is 34.5 Å². The highest BCUT2D eigenvalue weighted by Gasteiger charge is 2.60. The molecule has 2 nitrogen and oxygen atoms in total. The number of unbranched alkanes of at least 4 members (excludes halogenated alkanes) is 1. The van der Waals surface area contributed by atoms with Gasteiger partial charge in [-0.1, -0.05) is 30.3 Å². The quantitative estimate of drug-likeness (QED) is 0.525. The van der Waals surface area contributed by atoms with Crippen LogP contribution < -0.4 is 0 Å². The van der Waals surface area contributed by atoms with Crippen molar-refractivity contribution in [3.05, 3.63) is 35.9 Å². The lowest BCUT2D eigenvalue weighted by atomic mass is 9.84. The molecule has 1 aromatic rings. The van der Waals surface area contributed by atoms with Crippen molar-refractivity contribution in [1.29, 1.82) is 0 Å². The van der Waals surface area contributed by atoms with Crippen LogP contribution >= 0.6 is 0 Å². The molecule has 0 amide bonds. The van der Waals surface area contributed by atoms with Gasteiger partial charge in [0.25, 0.3) is 0 Å². The van der Waals surface area contributed by atoms with Crippen molar-refractivity contribution in [1.82, 2.24) is 0 Å². The number of hydrogen-bond donors (Lipinski definition) is 2. The Balaban J connectivity index is 2.80. The highest BCUT2D eigenvalue weighted by atomic mass is 19.4. The highest BCUT2D eigenvalue weighted by molar-refractivity contribution is 5.15. The normalized spacial score (nSPS) is 15.4. The van der Waals surface area contributed by atoms with Crippen molar-refractivity contribution in [2.45, 2.75) is 56.2 Å². The molecule has 0 radical (unpaired) electrons. The van der Waals surface area contributed by atoms with Crippen LogP contribution in [0.5, 0.6) is 0 Å².